The number of hydrazone groups is 1. The number of methoxy groups -OCH3 is 1. The molecule has 0 unspecified atom stereocenters. The largest absolute Gasteiger partial charge is 0.489 e. The number of esters is 1. The van der Waals surface area contributed by atoms with E-state index < -0.39 is 5.97 Å². The third-order valence-corrected chi connectivity index (χ3v) is 3.01. The minimum atomic E-state index is -0.490. The number of hydrogen-bond acceptors (Lipinski definition) is 5. The van der Waals surface area contributed by atoms with Gasteiger partial charge in [-0.15, -0.1) is 0 Å². The van der Waals surface area contributed by atoms with Gasteiger partial charge in [0.05, 0.1) is 12.7 Å². The molecule has 6 heteroatoms. The molecule has 0 aromatic heterocycles. The van der Waals surface area contributed by atoms with Crippen molar-refractivity contribution in [2.45, 2.75) is 6.61 Å². The number of benzene rings is 2. The third-order valence-electron chi connectivity index (χ3n) is 3.01. The summed E-state index contributed by atoms with van der Waals surface area (Å²) < 4.78 is 10.4. The van der Waals surface area contributed by atoms with Gasteiger partial charge in [-0.3, -0.25) is 0 Å². The molecule has 4 N–H and O–H groups in total. The highest BCUT2D eigenvalue weighted by Gasteiger charge is 2.11. The molecule has 0 saturated carbocycles. The topological polar surface area (TPSA) is 99.9 Å². The Morgan fingerprint density at radius 2 is 1.82 bits per heavy atom. The summed E-state index contributed by atoms with van der Waals surface area (Å²) in [6.45, 7) is 0.366. The molecule has 2 rings (SSSR count). The van der Waals surface area contributed by atoms with E-state index in [4.69, 9.17) is 21.1 Å². The molecule has 0 aliphatic carbocycles. The number of carbonyl (C=O) groups excluding carboxylic acids is 1. The molecule has 2 aromatic rings. The van der Waals surface area contributed by atoms with E-state index in [0.29, 0.717) is 23.5 Å². The second kappa shape index (κ2) is 7.12. The molecule has 0 atom stereocenters. The molecular formula is C16H17N3O3. The second-order valence-corrected chi connectivity index (χ2v) is 4.53. The molecule has 0 radical (unpaired) electrons. The third kappa shape index (κ3) is 3.76. The van der Waals surface area contributed by atoms with Crippen LogP contribution in [0.4, 0.5) is 0 Å². The number of ether oxygens (including phenoxy) is 2. The fraction of sp³-hybridized carbons (Fsp3) is 0.125. The van der Waals surface area contributed by atoms with Gasteiger partial charge in [0.15, 0.2) is 0 Å². The van der Waals surface area contributed by atoms with Gasteiger partial charge in [0.2, 0.25) is 0 Å². The zero-order valence-corrected chi connectivity index (χ0v) is 12.2. The SMILES string of the molecule is COC(=O)c1cc(OCc2ccccc2)cc(/C(N)=N/N)c1. The molecule has 0 aliphatic rings. The number of rotatable bonds is 5. The Hall–Kier alpha value is -3.02. The van der Waals surface area contributed by atoms with Gasteiger partial charge < -0.3 is 21.1 Å². The highest BCUT2D eigenvalue weighted by atomic mass is 16.5. The van der Waals surface area contributed by atoms with Crippen molar-refractivity contribution >= 4 is 11.8 Å². The summed E-state index contributed by atoms with van der Waals surface area (Å²) in [6, 6.07) is 14.5. The normalized spacial score (nSPS) is 11.0. The Morgan fingerprint density at radius 3 is 2.45 bits per heavy atom. The first kappa shape index (κ1) is 15.4. The average Bonchev–Trinajstić information content (AvgIpc) is 2.59. The van der Waals surface area contributed by atoms with Gasteiger partial charge in [-0.05, 0) is 23.8 Å². The van der Waals surface area contributed by atoms with Crippen LogP contribution in [0, 0.1) is 0 Å². The second-order valence-electron chi connectivity index (χ2n) is 4.53. The maximum atomic E-state index is 11.7. The van der Waals surface area contributed by atoms with E-state index in [0.717, 1.165) is 5.56 Å². The lowest BCUT2D eigenvalue weighted by atomic mass is 10.1. The van der Waals surface area contributed by atoms with Crippen molar-refractivity contribution in [2.24, 2.45) is 16.7 Å². The van der Waals surface area contributed by atoms with Gasteiger partial charge in [-0.2, -0.15) is 5.10 Å². The zero-order chi connectivity index (χ0) is 15.9. The summed E-state index contributed by atoms with van der Waals surface area (Å²) in [7, 11) is 1.31. The van der Waals surface area contributed by atoms with Crippen LogP contribution >= 0.6 is 0 Å². The summed E-state index contributed by atoms with van der Waals surface area (Å²) in [6.07, 6.45) is 0. The van der Waals surface area contributed by atoms with Crippen LogP contribution in [0.2, 0.25) is 0 Å². The van der Waals surface area contributed by atoms with Gasteiger partial charge in [-0.1, -0.05) is 30.3 Å². The van der Waals surface area contributed by atoms with Gasteiger partial charge in [0.25, 0.3) is 0 Å². The number of amidine groups is 1. The van der Waals surface area contributed by atoms with Crippen LogP contribution in [-0.2, 0) is 11.3 Å². The lowest BCUT2D eigenvalue weighted by molar-refractivity contribution is 0.0600. The van der Waals surface area contributed by atoms with E-state index in [9.17, 15) is 4.79 Å². The number of nitrogens with zero attached hydrogens (tertiary/aromatic N) is 1. The molecule has 0 heterocycles. The first-order chi connectivity index (χ1) is 10.6. The van der Waals surface area contributed by atoms with Crippen LogP contribution in [0.5, 0.6) is 5.75 Å². The first-order valence-corrected chi connectivity index (χ1v) is 6.58. The standard InChI is InChI=1S/C16H17N3O3/c1-21-16(20)13-7-12(15(17)19-18)8-14(9-13)22-10-11-5-3-2-4-6-11/h2-9H,10,18H2,1H3,(H2,17,19). The summed E-state index contributed by atoms with van der Waals surface area (Å²) in [4.78, 5) is 11.7. The van der Waals surface area contributed by atoms with E-state index >= 15 is 0 Å². The average molecular weight is 299 g/mol. The predicted molar refractivity (Wildman–Crippen MR) is 83.5 cm³/mol. The fourth-order valence-corrected chi connectivity index (χ4v) is 1.88. The summed E-state index contributed by atoms with van der Waals surface area (Å²) in [5, 5.41) is 3.43. The monoisotopic (exact) mass is 299 g/mol. The minimum Gasteiger partial charge on any atom is -0.489 e. The lowest BCUT2D eigenvalue weighted by Crippen LogP contribution is -2.16. The lowest BCUT2D eigenvalue weighted by Gasteiger charge is -2.10. The van der Waals surface area contributed by atoms with Crippen LogP contribution in [0.25, 0.3) is 0 Å². The zero-order valence-electron chi connectivity index (χ0n) is 12.2. The van der Waals surface area contributed by atoms with Crippen LogP contribution < -0.4 is 16.3 Å². The van der Waals surface area contributed by atoms with Gasteiger partial charge in [-0.25, -0.2) is 4.79 Å². The fourth-order valence-electron chi connectivity index (χ4n) is 1.88. The van der Waals surface area contributed by atoms with Crippen molar-refractivity contribution in [1.29, 1.82) is 0 Å². The molecule has 0 fully saturated rings. The van der Waals surface area contributed by atoms with E-state index in [1.54, 1.807) is 18.2 Å². The molecule has 0 amide bonds. The number of hydrogen-bond donors (Lipinski definition) is 2. The summed E-state index contributed by atoms with van der Waals surface area (Å²) in [5.74, 6) is 5.28. The molecular weight excluding hydrogens is 282 g/mol. The van der Waals surface area contributed by atoms with Crippen LogP contribution in [0.3, 0.4) is 0 Å². The van der Waals surface area contributed by atoms with Crippen molar-refractivity contribution in [3.05, 3.63) is 65.2 Å². The van der Waals surface area contributed by atoms with Crippen molar-refractivity contribution < 1.29 is 14.3 Å². The van der Waals surface area contributed by atoms with Gasteiger partial charge in [0.1, 0.15) is 18.2 Å². The number of carbonyl (C=O) groups is 1. The van der Waals surface area contributed by atoms with Crippen molar-refractivity contribution in [3.8, 4) is 5.75 Å². The van der Waals surface area contributed by atoms with Gasteiger partial charge >= 0.3 is 5.97 Å². The number of nitrogens with two attached hydrogens (primary N) is 2. The highest BCUT2D eigenvalue weighted by Crippen LogP contribution is 2.19. The molecule has 114 valence electrons. The van der Waals surface area contributed by atoms with Crippen molar-refractivity contribution in [1.82, 2.24) is 0 Å². The van der Waals surface area contributed by atoms with Crippen LogP contribution in [-0.4, -0.2) is 18.9 Å². The highest BCUT2D eigenvalue weighted by molar-refractivity contribution is 6.00. The van der Waals surface area contributed by atoms with Crippen molar-refractivity contribution in [3.63, 3.8) is 0 Å². The Morgan fingerprint density at radius 1 is 1.14 bits per heavy atom. The van der Waals surface area contributed by atoms with E-state index in [1.165, 1.54) is 7.11 Å². The van der Waals surface area contributed by atoms with Crippen molar-refractivity contribution in [2.75, 3.05) is 7.11 Å². The Bertz CT molecular complexity index is 684. The molecule has 0 bridgehead atoms. The Labute approximate surface area is 128 Å². The maximum Gasteiger partial charge on any atom is 0.338 e. The molecule has 2 aromatic carbocycles. The maximum absolute atomic E-state index is 11.7. The smallest absolute Gasteiger partial charge is 0.338 e. The predicted octanol–water partition coefficient (Wildman–Crippen LogP) is 1.63. The van der Waals surface area contributed by atoms with E-state index in [2.05, 4.69) is 5.10 Å². The first-order valence-electron chi connectivity index (χ1n) is 6.58. The molecule has 0 aliphatic heterocycles. The molecule has 0 saturated heterocycles. The summed E-state index contributed by atoms with van der Waals surface area (Å²) >= 11 is 0. The molecule has 0 spiro atoms. The quantitative estimate of drug-likeness (QED) is 0.287. The molecule has 6 nitrogen and oxygen atoms in total. The van der Waals surface area contributed by atoms with Crippen LogP contribution in [0.15, 0.2) is 53.6 Å². The Balaban J connectivity index is 2.27. The Kier molecular flexibility index (Phi) is 4.98. The molecule has 22 heavy (non-hydrogen) atoms. The van der Waals surface area contributed by atoms with E-state index in [1.807, 2.05) is 30.3 Å². The van der Waals surface area contributed by atoms with E-state index in [-0.39, 0.29) is 5.84 Å². The summed E-state index contributed by atoms with van der Waals surface area (Å²) in [5.41, 5.74) is 7.51. The van der Waals surface area contributed by atoms with Crippen LogP contribution in [0.1, 0.15) is 21.5 Å². The van der Waals surface area contributed by atoms with Gasteiger partial charge in [0, 0.05) is 5.56 Å². The minimum absolute atomic E-state index is 0.107.